The Bertz CT molecular complexity index is 1120. The molecule has 17 heteroatoms. The largest absolute Gasteiger partial charge is 0.469 e. The molecule has 3 atom stereocenters. The van der Waals surface area contributed by atoms with Crippen LogP contribution < -0.4 is 16.0 Å². The molecule has 0 bridgehead atoms. The molecule has 0 aromatic carbocycles. The van der Waals surface area contributed by atoms with Gasteiger partial charge in [0.1, 0.15) is 6.04 Å². The number of rotatable bonds is 36. The predicted molar refractivity (Wildman–Crippen MR) is 225 cm³/mol. The van der Waals surface area contributed by atoms with Crippen molar-refractivity contribution in [3.8, 4) is 0 Å². The van der Waals surface area contributed by atoms with Crippen molar-refractivity contribution in [1.29, 1.82) is 0 Å². The summed E-state index contributed by atoms with van der Waals surface area (Å²) in [5.74, 6) is -1.51. The Morgan fingerprint density at radius 3 is 1.74 bits per heavy atom. The first kappa shape index (κ1) is 62.7. The molecule has 0 radical (unpaired) electrons. The number of unbranched alkanes of at least 4 members (excludes halogenated alkanes) is 14. The molecule has 4 N–H and O–H groups in total. The number of ether oxygens (including phenoxy) is 2. The Kier molecular flexibility index (Phi) is 43.8. The van der Waals surface area contributed by atoms with E-state index in [-0.39, 0.29) is 114 Å². The summed E-state index contributed by atoms with van der Waals surface area (Å²) in [6.45, 7) is 8.34. The van der Waals surface area contributed by atoms with Crippen molar-refractivity contribution in [2.45, 2.75) is 142 Å². The van der Waals surface area contributed by atoms with Crippen molar-refractivity contribution < 1.29 is 68.4 Å². The molecule has 1 rings (SSSR count). The molecular weight excluding hydrogens is 814 g/mol. The second-order valence-corrected chi connectivity index (χ2v) is 15.3. The fourth-order valence-corrected chi connectivity index (χ4v) is 6.57. The molecule has 5 amide bonds. The van der Waals surface area contributed by atoms with Crippen molar-refractivity contribution in [3.63, 3.8) is 0 Å². The van der Waals surface area contributed by atoms with Crippen LogP contribution in [-0.4, -0.2) is 105 Å². The molecule has 0 aliphatic carbocycles. The fraction of sp³-hybridized carbons (Fsp3) is 0.780. The SMILES string of the molecule is [CH2-]COP(=O)(O)OC[C@H](NC(=O)CCCCCCCCCCCCCCC)C(=O)NCCOCCOCCNC(=O)CCCCCN1C(=O)CC(C)C1=O.[CH3-].[CH3-].[CH3-].[Ni]. The van der Waals surface area contributed by atoms with E-state index < -0.39 is 26.4 Å². The van der Waals surface area contributed by atoms with Gasteiger partial charge in [0.2, 0.25) is 29.5 Å². The normalized spacial score (nSPS) is 14.9. The molecule has 0 spiro atoms. The number of carbonyl (C=O) groups excluding carboxylic acids is 5. The Morgan fingerprint density at radius 2 is 1.24 bits per heavy atom. The average molecular weight is 894 g/mol. The third-order valence-corrected chi connectivity index (χ3v) is 10.0. The smallest absolute Gasteiger partial charge is 0.377 e. The van der Waals surface area contributed by atoms with E-state index in [9.17, 15) is 33.4 Å². The minimum atomic E-state index is -4.43. The minimum Gasteiger partial charge on any atom is -0.377 e. The van der Waals surface area contributed by atoms with Crippen LogP contribution in [0.1, 0.15) is 136 Å². The van der Waals surface area contributed by atoms with Crippen LogP contribution in [0, 0.1) is 35.1 Å². The summed E-state index contributed by atoms with van der Waals surface area (Å²) < 4.78 is 32.4. The standard InChI is InChI=1S/C38H70N4O11P.3CH3.Ni/c1-4-6-7-8-9-10-11-12-13-14-15-16-18-22-35(44)41-33(31-53-54(48,49)52-5-2)37(46)40-24-27-51-29-28-50-26-23-39-34(43)21-19-17-20-25-42-36(45)30-32(3)38(42)47;;;;/h32-33H,2,4-31H2,1,3H3,(H,39,43)(H,40,46)(H,41,44)(H,48,49);3*1H3;/q4*-1;/t32?,33-;;;;/m0..../s1. The van der Waals surface area contributed by atoms with Gasteiger partial charge in [-0.2, -0.15) is 0 Å². The van der Waals surface area contributed by atoms with Gasteiger partial charge in [0.25, 0.3) is 0 Å². The van der Waals surface area contributed by atoms with Gasteiger partial charge in [-0.25, -0.2) is 4.57 Å². The number of amides is 5. The van der Waals surface area contributed by atoms with Gasteiger partial charge in [-0.1, -0.05) is 104 Å². The van der Waals surface area contributed by atoms with Gasteiger partial charge in [0, 0.05) is 61.3 Å². The van der Waals surface area contributed by atoms with Crippen molar-refractivity contribution in [2.75, 3.05) is 59.3 Å². The maximum atomic E-state index is 12.8. The molecule has 1 aliphatic heterocycles. The van der Waals surface area contributed by atoms with Crippen LogP contribution in [0.2, 0.25) is 0 Å². The predicted octanol–water partition coefficient (Wildman–Crippen LogP) is 6.49. The van der Waals surface area contributed by atoms with Gasteiger partial charge < -0.3 is 64.0 Å². The molecule has 348 valence electrons. The van der Waals surface area contributed by atoms with E-state index in [0.29, 0.717) is 45.4 Å². The number of hydrogen-bond donors (Lipinski definition) is 4. The summed E-state index contributed by atoms with van der Waals surface area (Å²) in [5.41, 5.74) is 0. The molecule has 0 saturated carbocycles. The first-order valence-corrected chi connectivity index (χ1v) is 21.7. The Labute approximate surface area is 361 Å². The molecule has 15 nitrogen and oxygen atoms in total. The summed E-state index contributed by atoms with van der Waals surface area (Å²) in [5, 5.41) is 8.02. The maximum Gasteiger partial charge on any atom is 0.469 e. The number of hydrogen-bond acceptors (Lipinski definition) is 10. The topological polar surface area (TPSA) is 199 Å². The number of phosphoric ester groups is 1. The van der Waals surface area contributed by atoms with Gasteiger partial charge in [-0.3, -0.25) is 33.4 Å². The second kappa shape index (κ2) is 40.5. The van der Waals surface area contributed by atoms with Gasteiger partial charge in [0.05, 0.1) is 33.0 Å². The zero-order valence-electron chi connectivity index (χ0n) is 36.4. The monoisotopic (exact) mass is 892 g/mol. The number of nitrogens with zero attached hydrogens (tertiary/aromatic N) is 1. The van der Waals surface area contributed by atoms with Gasteiger partial charge in [-0.15, -0.1) is 0 Å². The molecule has 1 fully saturated rings. The van der Waals surface area contributed by atoms with E-state index in [0.717, 1.165) is 25.7 Å². The van der Waals surface area contributed by atoms with Crippen LogP contribution in [-0.2, 0) is 63.6 Å². The van der Waals surface area contributed by atoms with E-state index in [1.807, 2.05) is 0 Å². The van der Waals surface area contributed by atoms with E-state index in [1.54, 1.807) is 6.92 Å². The van der Waals surface area contributed by atoms with E-state index >= 15 is 0 Å². The summed E-state index contributed by atoms with van der Waals surface area (Å²) in [7, 11) is -4.43. The first-order valence-electron chi connectivity index (χ1n) is 20.2. The van der Waals surface area contributed by atoms with Crippen molar-refractivity contribution in [1.82, 2.24) is 20.9 Å². The van der Waals surface area contributed by atoms with Crippen LogP contribution in [0.3, 0.4) is 0 Å². The van der Waals surface area contributed by atoms with E-state index in [1.165, 1.54) is 62.7 Å². The maximum absolute atomic E-state index is 12.8. The Hall–Kier alpha value is -1.93. The molecule has 58 heavy (non-hydrogen) atoms. The summed E-state index contributed by atoms with van der Waals surface area (Å²) >= 11 is 0. The zero-order valence-corrected chi connectivity index (χ0v) is 38.3. The first-order chi connectivity index (χ1) is 26.0. The molecule has 0 aromatic heterocycles. The minimum absolute atomic E-state index is 0. The number of carbonyl (C=O) groups is 5. The molecule has 1 aliphatic rings. The molecule has 0 aromatic rings. The van der Waals surface area contributed by atoms with E-state index in [4.69, 9.17) is 14.0 Å². The Morgan fingerprint density at radius 1 is 0.759 bits per heavy atom. The number of phosphoric acid groups is 1. The van der Waals surface area contributed by atoms with Crippen LogP contribution in [0.5, 0.6) is 0 Å². The molecule has 1 heterocycles. The number of imide groups is 1. The fourth-order valence-electron chi connectivity index (χ4n) is 5.93. The average Bonchev–Trinajstić information content (AvgIpc) is 3.37. The second-order valence-electron chi connectivity index (χ2n) is 13.9. The summed E-state index contributed by atoms with van der Waals surface area (Å²) in [4.78, 5) is 72.3. The van der Waals surface area contributed by atoms with Crippen LogP contribution in [0.4, 0.5) is 0 Å². The molecule has 2 unspecified atom stereocenters. The summed E-state index contributed by atoms with van der Waals surface area (Å²) in [6.07, 6.45) is 18.4. The summed E-state index contributed by atoms with van der Waals surface area (Å²) in [6, 6.07) is -1.21. The van der Waals surface area contributed by atoms with Crippen molar-refractivity contribution >= 4 is 37.4 Å². The van der Waals surface area contributed by atoms with Crippen LogP contribution in [0.15, 0.2) is 0 Å². The number of nitrogens with one attached hydrogen (secondary N) is 3. The van der Waals surface area contributed by atoms with Gasteiger partial charge in [0.15, 0.2) is 0 Å². The third kappa shape index (κ3) is 32.9. The molecular formula is C41H79N4NiO11P-4. The zero-order chi connectivity index (χ0) is 39.9. The van der Waals surface area contributed by atoms with Crippen molar-refractivity contribution in [3.05, 3.63) is 29.2 Å². The Balaban J connectivity index is -0.00000364. The third-order valence-electron chi connectivity index (χ3n) is 9.06. The number of likely N-dealkylation sites (tertiary alicyclic amines) is 1. The van der Waals surface area contributed by atoms with Gasteiger partial charge in [-0.05, 0) is 19.3 Å². The van der Waals surface area contributed by atoms with Crippen LogP contribution in [0.25, 0.3) is 0 Å². The van der Waals surface area contributed by atoms with E-state index in [2.05, 4.69) is 34.3 Å². The molecule has 1 saturated heterocycles. The van der Waals surface area contributed by atoms with Crippen molar-refractivity contribution in [2.24, 2.45) is 5.92 Å². The quantitative estimate of drug-likeness (QED) is 0.0176. The van der Waals surface area contributed by atoms with Gasteiger partial charge >= 0.3 is 7.82 Å². The van der Waals surface area contributed by atoms with Crippen LogP contribution >= 0.6 is 7.82 Å².